The maximum absolute atomic E-state index is 12.8. The fraction of sp³-hybridized carbons (Fsp3) is 0.562. The molecule has 0 saturated heterocycles. The van der Waals surface area contributed by atoms with Crippen molar-refractivity contribution in [3.8, 4) is 11.5 Å². The number of nitrogens with zero attached hydrogens (tertiary/aromatic N) is 1. The Balaban J connectivity index is 3.13. The lowest BCUT2D eigenvalue weighted by Crippen LogP contribution is -2.41. The molecule has 0 saturated carbocycles. The van der Waals surface area contributed by atoms with Crippen LogP contribution in [0, 0.1) is 0 Å². The summed E-state index contributed by atoms with van der Waals surface area (Å²) in [7, 11) is 3.17. The van der Waals surface area contributed by atoms with E-state index >= 15 is 0 Å². The maximum Gasteiger partial charge on any atom is 0.254 e. The zero-order valence-corrected chi connectivity index (χ0v) is 14.8. The molecule has 0 bridgehead atoms. The molecule has 0 atom stereocenters. The summed E-state index contributed by atoms with van der Waals surface area (Å²) in [6.45, 7) is 4.90. The van der Waals surface area contributed by atoms with Crippen LogP contribution in [0.5, 0.6) is 11.5 Å². The molecule has 118 valence electrons. The predicted octanol–water partition coefficient (Wildman–Crippen LogP) is 3.73. The smallest absolute Gasteiger partial charge is 0.254 e. The summed E-state index contributed by atoms with van der Waals surface area (Å²) in [6, 6.07) is 5.53. The Kier molecular flexibility index (Phi) is 7.57. The summed E-state index contributed by atoms with van der Waals surface area (Å²) >= 11 is 3.43. The Labute approximate surface area is 135 Å². The molecule has 4 nitrogen and oxygen atoms in total. The molecule has 0 fully saturated rings. The van der Waals surface area contributed by atoms with Gasteiger partial charge >= 0.3 is 0 Å². The molecule has 0 aliphatic rings. The van der Waals surface area contributed by atoms with E-state index in [2.05, 4.69) is 29.8 Å². The van der Waals surface area contributed by atoms with Crippen molar-refractivity contribution >= 4 is 21.8 Å². The summed E-state index contributed by atoms with van der Waals surface area (Å²) < 4.78 is 10.5. The van der Waals surface area contributed by atoms with Gasteiger partial charge in [-0.3, -0.25) is 4.79 Å². The number of rotatable bonds is 8. The molecule has 0 unspecified atom stereocenters. The molecule has 0 heterocycles. The van der Waals surface area contributed by atoms with Crippen LogP contribution in [0.25, 0.3) is 0 Å². The Morgan fingerprint density at radius 1 is 1.14 bits per heavy atom. The van der Waals surface area contributed by atoms with Crippen molar-refractivity contribution in [3.63, 3.8) is 0 Å². The van der Waals surface area contributed by atoms with Gasteiger partial charge in [0.1, 0.15) is 11.5 Å². The minimum Gasteiger partial charge on any atom is -0.497 e. The Hall–Kier alpha value is -1.23. The van der Waals surface area contributed by atoms with Crippen LogP contribution < -0.4 is 9.47 Å². The fourth-order valence-corrected chi connectivity index (χ4v) is 2.75. The minimum atomic E-state index is 0.0142. The number of carbonyl (C=O) groups is 1. The monoisotopic (exact) mass is 357 g/mol. The SMILES string of the molecule is CCC(CC)N(CCBr)C(=O)c1cc(OC)cc(OC)c1. The summed E-state index contributed by atoms with van der Waals surface area (Å²) in [5.74, 6) is 1.27. The van der Waals surface area contributed by atoms with Gasteiger partial charge in [-0.25, -0.2) is 0 Å². The number of amides is 1. The van der Waals surface area contributed by atoms with E-state index in [1.807, 2.05) is 4.90 Å². The Morgan fingerprint density at radius 2 is 1.67 bits per heavy atom. The van der Waals surface area contributed by atoms with E-state index < -0.39 is 0 Å². The molecule has 1 aromatic rings. The topological polar surface area (TPSA) is 38.8 Å². The number of halogens is 1. The van der Waals surface area contributed by atoms with Gasteiger partial charge in [-0.2, -0.15) is 0 Å². The Bertz CT molecular complexity index is 439. The fourth-order valence-electron chi connectivity index (χ4n) is 2.37. The third kappa shape index (κ3) is 4.63. The molecule has 1 amide bonds. The van der Waals surface area contributed by atoms with Crippen LogP contribution in [-0.4, -0.2) is 42.9 Å². The highest BCUT2D eigenvalue weighted by molar-refractivity contribution is 9.09. The zero-order valence-electron chi connectivity index (χ0n) is 13.2. The number of hydrogen-bond acceptors (Lipinski definition) is 3. The van der Waals surface area contributed by atoms with E-state index in [1.54, 1.807) is 32.4 Å². The lowest BCUT2D eigenvalue weighted by atomic mass is 10.1. The molecular formula is C16H24BrNO3. The van der Waals surface area contributed by atoms with E-state index in [0.717, 1.165) is 18.2 Å². The first-order chi connectivity index (χ1) is 10.1. The van der Waals surface area contributed by atoms with Crippen molar-refractivity contribution in [1.29, 1.82) is 0 Å². The maximum atomic E-state index is 12.8. The molecule has 0 radical (unpaired) electrons. The first kappa shape index (κ1) is 17.8. The quantitative estimate of drug-likeness (QED) is 0.665. The van der Waals surface area contributed by atoms with E-state index in [4.69, 9.17) is 9.47 Å². The van der Waals surface area contributed by atoms with Crippen LogP contribution >= 0.6 is 15.9 Å². The molecule has 0 aromatic heterocycles. The van der Waals surface area contributed by atoms with Gasteiger partial charge in [0.15, 0.2) is 0 Å². The van der Waals surface area contributed by atoms with E-state index in [1.165, 1.54) is 0 Å². The summed E-state index contributed by atoms with van der Waals surface area (Å²) in [4.78, 5) is 14.7. The van der Waals surface area contributed by atoms with Gasteiger partial charge in [-0.05, 0) is 25.0 Å². The van der Waals surface area contributed by atoms with Crippen molar-refractivity contribution in [3.05, 3.63) is 23.8 Å². The molecule has 5 heteroatoms. The minimum absolute atomic E-state index is 0.0142. The van der Waals surface area contributed by atoms with Gasteiger partial charge in [-0.1, -0.05) is 29.8 Å². The number of carbonyl (C=O) groups excluding carboxylic acids is 1. The van der Waals surface area contributed by atoms with Gasteiger partial charge in [0.05, 0.1) is 14.2 Å². The second-order valence-electron chi connectivity index (χ2n) is 4.76. The van der Waals surface area contributed by atoms with Crippen molar-refractivity contribution in [1.82, 2.24) is 4.90 Å². The molecule has 0 spiro atoms. The highest BCUT2D eigenvalue weighted by atomic mass is 79.9. The standard InChI is InChI=1S/C16H24BrNO3/c1-5-13(6-2)18(8-7-17)16(19)12-9-14(20-3)11-15(10-12)21-4/h9-11,13H,5-8H2,1-4H3. The lowest BCUT2D eigenvalue weighted by Gasteiger charge is -2.30. The first-order valence-electron chi connectivity index (χ1n) is 7.21. The van der Waals surface area contributed by atoms with Crippen LogP contribution in [0.3, 0.4) is 0 Å². The third-order valence-electron chi connectivity index (χ3n) is 3.57. The van der Waals surface area contributed by atoms with Gasteiger partial charge in [-0.15, -0.1) is 0 Å². The highest BCUT2D eigenvalue weighted by Crippen LogP contribution is 2.24. The molecule has 0 aliphatic heterocycles. The zero-order chi connectivity index (χ0) is 15.8. The summed E-state index contributed by atoms with van der Waals surface area (Å²) in [5.41, 5.74) is 0.596. The second kappa shape index (κ2) is 8.93. The van der Waals surface area contributed by atoms with Gasteiger partial charge in [0.25, 0.3) is 5.91 Å². The van der Waals surface area contributed by atoms with Gasteiger partial charge in [0, 0.05) is 29.5 Å². The number of benzene rings is 1. The predicted molar refractivity (Wildman–Crippen MR) is 88.7 cm³/mol. The number of alkyl halides is 1. The van der Waals surface area contributed by atoms with Crippen molar-refractivity contribution in [2.24, 2.45) is 0 Å². The van der Waals surface area contributed by atoms with Crippen LogP contribution in [0.1, 0.15) is 37.0 Å². The molecular weight excluding hydrogens is 334 g/mol. The average Bonchev–Trinajstić information content (AvgIpc) is 2.53. The third-order valence-corrected chi connectivity index (χ3v) is 3.92. The van der Waals surface area contributed by atoms with E-state index in [-0.39, 0.29) is 11.9 Å². The van der Waals surface area contributed by atoms with Crippen LogP contribution in [0.4, 0.5) is 0 Å². The highest BCUT2D eigenvalue weighted by Gasteiger charge is 2.22. The number of ether oxygens (including phenoxy) is 2. The van der Waals surface area contributed by atoms with Gasteiger partial charge in [0.2, 0.25) is 0 Å². The number of methoxy groups -OCH3 is 2. The largest absolute Gasteiger partial charge is 0.497 e. The van der Waals surface area contributed by atoms with E-state index in [9.17, 15) is 4.79 Å². The molecule has 0 aliphatic carbocycles. The second-order valence-corrected chi connectivity index (χ2v) is 5.55. The normalized spacial score (nSPS) is 10.6. The molecule has 1 aromatic carbocycles. The van der Waals surface area contributed by atoms with Crippen molar-refractivity contribution in [2.75, 3.05) is 26.1 Å². The van der Waals surface area contributed by atoms with Crippen LogP contribution in [0.15, 0.2) is 18.2 Å². The van der Waals surface area contributed by atoms with Gasteiger partial charge < -0.3 is 14.4 Å². The first-order valence-corrected chi connectivity index (χ1v) is 8.33. The van der Waals surface area contributed by atoms with Crippen LogP contribution in [-0.2, 0) is 0 Å². The summed E-state index contributed by atoms with van der Waals surface area (Å²) in [5, 5.41) is 0.760. The Morgan fingerprint density at radius 3 is 2.05 bits per heavy atom. The van der Waals surface area contributed by atoms with Crippen molar-refractivity contribution in [2.45, 2.75) is 32.7 Å². The molecule has 21 heavy (non-hydrogen) atoms. The summed E-state index contributed by atoms with van der Waals surface area (Å²) in [6.07, 6.45) is 1.88. The number of hydrogen-bond donors (Lipinski definition) is 0. The van der Waals surface area contributed by atoms with E-state index in [0.29, 0.717) is 23.6 Å². The van der Waals surface area contributed by atoms with Crippen molar-refractivity contribution < 1.29 is 14.3 Å². The molecule has 0 N–H and O–H groups in total. The van der Waals surface area contributed by atoms with Crippen LogP contribution in [0.2, 0.25) is 0 Å². The lowest BCUT2D eigenvalue weighted by molar-refractivity contribution is 0.0682. The molecule has 1 rings (SSSR count). The average molecular weight is 358 g/mol.